The van der Waals surface area contributed by atoms with Crippen LogP contribution < -0.4 is 4.74 Å². The van der Waals surface area contributed by atoms with Crippen LogP contribution in [-0.2, 0) is 4.79 Å². The van der Waals surface area contributed by atoms with E-state index in [1.54, 1.807) is 0 Å². The maximum atomic E-state index is 11.7. The molecule has 0 spiro atoms. The smallest absolute Gasteiger partial charge is 0.321 e. The van der Waals surface area contributed by atoms with Crippen LogP contribution in [0.15, 0.2) is 18.2 Å². The number of nitro benzene ring substituents is 1. The van der Waals surface area contributed by atoms with Gasteiger partial charge in [-0.2, -0.15) is 0 Å². The predicted octanol–water partition coefficient (Wildman–Crippen LogP) is 1.65. The number of carbonyl (C=O) groups is 2. The molecule has 96 valence electrons. The maximum Gasteiger partial charge on any atom is 0.321 e. The monoisotopic (exact) mass is 253 g/mol. The lowest BCUT2D eigenvalue weighted by atomic mass is 10.0. The fourth-order valence-corrected chi connectivity index (χ4v) is 1.46. The number of ether oxygens (including phenoxy) is 1. The SMILES string of the molecule is COc1cccc(C(=O)CCC(=O)O)c1[N+](=O)[O-]. The Kier molecular flexibility index (Phi) is 4.36. The van der Waals surface area contributed by atoms with Crippen molar-refractivity contribution in [3.8, 4) is 5.75 Å². The molecule has 7 heteroatoms. The van der Waals surface area contributed by atoms with E-state index in [-0.39, 0.29) is 24.2 Å². The summed E-state index contributed by atoms with van der Waals surface area (Å²) in [6.07, 6.45) is -0.656. The van der Waals surface area contributed by atoms with Crippen molar-refractivity contribution in [3.05, 3.63) is 33.9 Å². The first-order valence-electron chi connectivity index (χ1n) is 5.03. The second kappa shape index (κ2) is 5.76. The second-order valence-corrected chi connectivity index (χ2v) is 3.43. The fraction of sp³-hybridized carbons (Fsp3) is 0.273. The minimum atomic E-state index is -1.13. The van der Waals surface area contributed by atoms with E-state index in [4.69, 9.17) is 9.84 Å². The van der Waals surface area contributed by atoms with E-state index >= 15 is 0 Å². The van der Waals surface area contributed by atoms with Crippen LogP contribution in [0.3, 0.4) is 0 Å². The highest BCUT2D eigenvalue weighted by molar-refractivity contribution is 6.01. The van der Waals surface area contributed by atoms with Crippen LogP contribution >= 0.6 is 0 Å². The van der Waals surface area contributed by atoms with E-state index in [1.165, 1.54) is 25.3 Å². The Morgan fingerprint density at radius 3 is 2.56 bits per heavy atom. The summed E-state index contributed by atoms with van der Waals surface area (Å²) in [5, 5.41) is 19.4. The molecule has 0 fully saturated rings. The molecule has 0 saturated carbocycles. The zero-order valence-electron chi connectivity index (χ0n) is 9.58. The van der Waals surface area contributed by atoms with Crippen molar-refractivity contribution in [1.82, 2.24) is 0 Å². The molecule has 0 unspecified atom stereocenters. The number of carbonyl (C=O) groups excluding carboxylic acids is 1. The quantitative estimate of drug-likeness (QED) is 0.469. The third-order valence-electron chi connectivity index (χ3n) is 2.27. The lowest BCUT2D eigenvalue weighted by Crippen LogP contribution is -2.07. The lowest BCUT2D eigenvalue weighted by Gasteiger charge is -2.05. The summed E-state index contributed by atoms with van der Waals surface area (Å²) in [4.78, 5) is 32.3. The van der Waals surface area contributed by atoms with Gasteiger partial charge >= 0.3 is 11.7 Å². The van der Waals surface area contributed by atoms with Crippen molar-refractivity contribution in [2.24, 2.45) is 0 Å². The number of carboxylic acid groups (broad SMARTS) is 1. The molecular formula is C11H11NO6. The zero-order chi connectivity index (χ0) is 13.7. The van der Waals surface area contributed by atoms with Crippen molar-refractivity contribution < 1.29 is 24.4 Å². The molecule has 0 aliphatic carbocycles. The molecule has 1 aromatic rings. The Hall–Kier alpha value is -2.44. The third-order valence-corrected chi connectivity index (χ3v) is 2.27. The lowest BCUT2D eigenvalue weighted by molar-refractivity contribution is -0.386. The number of para-hydroxylation sites is 1. The Morgan fingerprint density at radius 1 is 1.39 bits per heavy atom. The van der Waals surface area contributed by atoms with Gasteiger partial charge in [0.25, 0.3) is 0 Å². The van der Waals surface area contributed by atoms with E-state index in [0.29, 0.717) is 0 Å². The minimum Gasteiger partial charge on any atom is -0.490 e. The first kappa shape index (κ1) is 13.6. The van der Waals surface area contributed by atoms with Gasteiger partial charge in [-0.25, -0.2) is 0 Å². The van der Waals surface area contributed by atoms with Crippen molar-refractivity contribution in [2.45, 2.75) is 12.8 Å². The van der Waals surface area contributed by atoms with Crippen LogP contribution in [0.1, 0.15) is 23.2 Å². The first-order valence-corrected chi connectivity index (χ1v) is 5.03. The summed E-state index contributed by atoms with van der Waals surface area (Å²) in [7, 11) is 1.26. The molecule has 0 saturated heterocycles. The molecule has 0 aromatic heterocycles. The van der Waals surface area contributed by atoms with Gasteiger partial charge in [0, 0.05) is 6.42 Å². The molecule has 0 bridgehead atoms. The molecule has 0 amide bonds. The largest absolute Gasteiger partial charge is 0.490 e. The third kappa shape index (κ3) is 3.03. The van der Waals surface area contributed by atoms with Gasteiger partial charge in [-0.15, -0.1) is 0 Å². The molecule has 18 heavy (non-hydrogen) atoms. The van der Waals surface area contributed by atoms with Crippen molar-refractivity contribution in [2.75, 3.05) is 7.11 Å². The van der Waals surface area contributed by atoms with Gasteiger partial charge in [-0.1, -0.05) is 6.07 Å². The van der Waals surface area contributed by atoms with Crippen LogP contribution in [0.2, 0.25) is 0 Å². The molecule has 7 nitrogen and oxygen atoms in total. The Labute approximate surface area is 102 Å². The van der Waals surface area contributed by atoms with E-state index < -0.39 is 22.4 Å². The van der Waals surface area contributed by atoms with Crippen LogP contribution in [-0.4, -0.2) is 28.9 Å². The maximum absolute atomic E-state index is 11.7. The molecule has 0 aliphatic heterocycles. The number of methoxy groups -OCH3 is 1. The molecule has 1 rings (SSSR count). The van der Waals surface area contributed by atoms with E-state index in [1.807, 2.05) is 0 Å². The number of hydrogen-bond acceptors (Lipinski definition) is 5. The van der Waals surface area contributed by atoms with Gasteiger partial charge < -0.3 is 9.84 Å². The highest BCUT2D eigenvalue weighted by Gasteiger charge is 2.25. The van der Waals surface area contributed by atoms with Gasteiger partial charge in [0.2, 0.25) is 0 Å². The number of rotatable bonds is 6. The van der Waals surface area contributed by atoms with Crippen LogP contribution in [0.25, 0.3) is 0 Å². The number of benzene rings is 1. The summed E-state index contributed by atoms with van der Waals surface area (Å²) < 4.78 is 4.81. The van der Waals surface area contributed by atoms with Crippen LogP contribution in [0, 0.1) is 10.1 Å². The van der Waals surface area contributed by atoms with Crippen molar-refractivity contribution >= 4 is 17.4 Å². The Morgan fingerprint density at radius 2 is 2.06 bits per heavy atom. The normalized spacial score (nSPS) is 9.83. The fourth-order valence-electron chi connectivity index (χ4n) is 1.46. The summed E-state index contributed by atoms with van der Waals surface area (Å²) >= 11 is 0. The average Bonchev–Trinajstić information content (AvgIpc) is 2.34. The van der Waals surface area contributed by atoms with Gasteiger partial charge in [-0.05, 0) is 12.1 Å². The number of nitro groups is 1. The van der Waals surface area contributed by atoms with Gasteiger partial charge in [0.05, 0.1) is 24.0 Å². The van der Waals surface area contributed by atoms with E-state index in [0.717, 1.165) is 0 Å². The van der Waals surface area contributed by atoms with Crippen LogP contribution in [0.4, 0.5) is 5.69 Å². The average molecular weight is 253 g/mol. The molecular weight excluding hydrogens is 242 g/mol. The highest BCUT2D eigenvalue weighted by atomic mass is 16.6. The highest BCUT2D eigenvalue weighted by Crippen LogP contribution is 2.31. The standard InChI is InChI=1S/C11H11NO6/c1-18-9-4-2-3-7(11(9)12(16)17)8(13)5-6-10(14)15/h2-4H,5-6H2,1H3,(H,14,15). The number of nitrogens with zero attached hydrogens (tertiary/aromatic N) is 1. The zero-order valence-corrected chi connectivity index (χ0v) is 9.58. The molecule has 0 atom stereocenters. The van der Waals surface area contributed by atoms with E-state index in [2.05, 4.69) is 0 Å². The van der Waals surface area contributed by atoms with E-state index in [9.17, 15) is 19.7 Å². The summed E-state index contributed by atoms with van der Waals surface area (Å²) in [5.74, 6) is -1.75. The predicted molar refractivity (Wildman–Crippen MR) is 60.8 cm³/mol. The molecule has 1 N–H and O–H groups in total. The summed E-state index contributed by atoms with van der Waals surface area (Å²) in [6, 6.07) is 4.09. The van der Waals surface area contributed by atoms with Crippen LogP contribution in [0.5, 0.6) is 5.75 Å². The summed E-state index contributed by atoms with van der Waals surface area (Å²) in [5.41, 5.74) is -0.573. The van der Waals surface area contributed by atoms with Crippen molar-refractivity contribution in [1.29, 1.82) is 0 Å². The number of ketones is 1. The number of Topliss-reactive ketones (excluding diaryl/α,β-unsaturated/α-hetero) is 1. The molecule has 0 aliphatic rings. The molecule has 0 radical (unpaired) electrons. The van der Waals surface area contributed by atoms with Gasteiger partial charge in [-0.3, -0.25) is 19.7 Å². The van der Waals surface area contributed by atoms with Gasteiger partial charge in [0.1, 0.15) is 0 Å². The van der Waals surface area contributed by atoms with Crippen molar-refractivity contribution in [3.63, 3.8) is 0 Å². The Bertz CT molecular complexity index is 496. The number of carboxylic acids is 1. The van der Waals surface area contributed by atoms with Gasteiger partial charge in [0.15, 0.2) is 11.5 Å². The topological polar surface area (TPSA) is 107 Å². The first-order chi connectivity index (χ1) is 8.47. The number of hydrogen-bond donors (Lipinski definition) is 1. The Balaban J connectivity index is 3.11. The summed E-state index contributed by atoms with van der Waals surface area (Å²) in [6.45, 7) is 0. The number of aliphatic carboxylic acids is 1. The molecule has 1 aromatic carbocycles. The minimum absolute atomic E-state index is 0.0267. The molecule has 0 heterocycles. The second-order valence-electron chi connectivity index (χ2n) is 3.43.